The third-order valence-electron chi connectivity index (χ3n) is 3.39. The summed E-state index contributed by atoms with van der Waals surface area (Å²) < 4.78 is 44.0. The summed E-state index contributed by atoms with van der Waals surface area (Å²) in [6.07, 6.45) is 2.07. The molecule has 0 spiro atoms. The zero-order chi connectivity index (χ0) is 15.0. The molecule has 21 heavy (non-hydrogen) atoms. The first-order valence-corrected chi connectivity index (χ1v) is 7.81. The molecule has 0 radical (unpaired) electrons. The molecule has 0 bridgehead atoms. The quantitative estimate of drug-likeness (QED) is 0.937. The van der Waals surface area contributed by atoms with Gasteiger partial charge in [0, 0.05) is 11.8 Å². The van der Waals surface area contributed by atoms with Crippen LogP contribution in [-0.4, -0.2) is 14.3 Å². The molecule has 1 saturated carbocycles. The van der Waals surface area contributed by atoms with Crippen LogP contribution in [0.5, 0.6) is 0 Å². The molecule has 1 heterocycles. The van der Waals surface area contributed by atoms with Crippen LogP contribution in [0.1, 0.15) is 18.1 Å². The van der Waals surface area contributed by atoms with Gasteiger partial charge in [0.05, 0.1) is 11.2 Å². The number of carbonyl (C=O) groups is 1. The van der Waals surface area contributed by atoms with Crippen molar-refractivity contribution in [3.05, 3.63) is 54.2 Å². The van der Waals surface area contributed by atoms with Crippen molar-refractivity contribution in [2.45, 2.75) is 17.2 Å². The average molecular weight is 309 g/mol. The van der Waals surface area contributed by atoms with Crippen molar-refractivity contribution in [1.82, 2.24) is 4.72 Å². The Labute approximate surface area is 120 Å². The average Bonchev–Trinajstić information content (AvgIpc) is 3.05. The Morgan fingerprint density at radius 3 is 2.57 bits per heavy atom. The number of hydrogen-bond donors (Lipinski definition) is 1. The Hall–Kier alpha value is -2.15. The topological polar surface area (TPSA) is 76.4 Å². The maximum Gasteiger partial charge on any atom is 0.264 e. The third kappa shape index (κ3) is 2.82. The first kappa shape index (κ1) is 13.8. The number of sulfonamides is 1. The largest absolute Gasteiger partial charge is 0.469 e. The van der Waals surface area contributed by atoms with E-state index >= 15 is 0 Å². The van der Waals surface area contributed by atoms with Gasteiger partial charge in [-0.1, -0.05) is 0 Å². The molecule has 0 aliphatic heterocycles. The Morgan fingerprint density at radius 2 is 1.95 bits per heavy atom. The summed E-state index contributed by atoms with van der Waals surface area (Å²) in [6.45, 7) is 0. The molecule has 1 aliphatic carbocycles. The van der Waals surface area contributed by atoms with Crippen molar-refractivity contribution in [3.63, 3.8) is 0 Å². The van der Waals surface area contributed by atoms with E-state index in [9.17, 15) is 17.6 Å². The van der Waals surface area contributed by atoms with Gasteiger partial charge in [0.2, 0.25) is 5.91 Å². The minimum Gasteiger partial charge on any atom is -0.469 e. The van der Waals surface area contributed by atoms with E-state index in [0.29, 0.717) is 12.2 Å². The number of benzene rings is 1. The van der Waals surface area contributed by atoms with Gasteiger partial charge in [-0.3, -0.25) is 4.79 Å². The molecule has 2 atom stereocenters. The third-order valence-corrected chi connectivity index (χ3v) is 4.76. The highest BCUT2D eigenvalue weighted by atomic mass is 32.2. The van der Waals surface area contributed by atoms with E-state index in [2.05, 4.69) is 0 Å². The van der Waals surface area contributed by atoms with Gasteiger partial charge in [-0.05, 0) is 42.8 Å². The summed E-state index contributed by atoms with van der Waals surface area (Å²) in [5, 5.41) is 0. The number of halogens is 1. The molecule has 0 saturated heterocycles. The predicted octanol–water partition coefficient (Wildman–Crippen LogP) is 2.03. The lowest BCUT2D eigenvalue weighted by Crippen LogP contribution is -2.32. The predicted molar refractivity (Wildman–Crippen MR) is 71.3 cm³/mol. The summed E-state index contributed by atoms with van der Waals surface area (Å²) in [7, 11) is -3.97. The van der Waals surface area contributed by atoms with E-state index in [-0.39, 0.29) is 10.8 Å². The van der Waals surface area contributed by atoms with Crippen molar-refractivity contribution in [2.75, 3.05) is 0 Å². The first-order valence-electron chi connectivity index (χ1n) is 6.33. The van der Waals surface area contributed by atoms with E-state index in [4.69, 9.17) is 4.42 Å². The minimum absolute atomic E-state index is 0.0802. The number of hydrogen-bond acceptors (Lipinski definition) is 4. The highest BCUT2D eigenvalue weighted by molar-refractivity contribution is 7.90. The zero-order valence-electron chi connectivity index (χ0n) is 10.8. The lowest BCUT2D eigenvalue weighted by Gasteiger charge is -2.06. The molecule has 1 amide bonds. The molecule has 7 heteroatoms. The molecule has 1 aromatic heterocycles. The van der Waals surface area contributed by atoms with Crippen LogP contribution in [0, 0.1) is 11.7 Å². The van der Waals surface area contributed by atoms with Crippen LogP contribution in [-0.2, 0) is 14.8 Å². The van der Waals surface area contributed by atoms with E-state index in [1.807, 2.05) is 4.72 Å². The number of carbonyl (C=O) groups excluding carboxylic acids is 1. The van der Waals surface area contributed by atoms with Crippen LogP contribution in [0.3, 0.4) is 0 Å². The molecular weight excluding hydrogens is 297 g/mol. The summed E-state index contributed by atoms with van der Waals surface area (Å²) in [5.74, 6) is -0.926. The fraction of sp³-hybridized carbons (Fsp3) is 0.214. The number of nitrogens with one attached hydrogen (secondary N) is 1. The molecule has 2 unspecified atom stereocenters. The molecule has 1 N–H and O–H groups in total. The van der Waals surface area contributed by atoms with Gasteiger partial charge in [0.25, 0.3) is 10.0 Å². The summed E-state index contributed by atoms with van der Waals surface area (Å²) in [6, 6.07) is 7.76. The molecule has 1 aliphatic rings. The van der Waals surface area contributed by atoms with Gasteiger partial charge >= 0.3 is 0 Å². The molecular formula is C14H12FNO4S. The van der Waals surface area contributed by atoms with Gasteiger partial charge in [-0.2, -0.15) is 0 Å². The lowest BCUT2D eigenvalue weighted by atomic mass is 10.2. The summed E-state index contributed by atoms with van der Waals surface area (Å²) >= 11 is 0. The lowest BCUT2D eigenvalue weighted by molar-refractivity contribution is -0.120. The van der Waals surface area contributed by atoms with Crippen molar-refractivity contribution in [1.29, 1.82) is 0 Å². The van der Waals surface area contributed by atoms with Crippen LogP contribution in [0.2, 0.25) is 0 Å². The van der Waals surface area contributed by atoms with Crippen LogP contribution >= 0.6 is 0 Å². The van der Waals surface area contributed by atoms with Gasteiger partial charge in [-0.15, -0.1) is 0 Å². The van der Waals surface area contributed by atoms with Gasteiger partial charge in [0.15, 0.2) is 0 Å². The Morgan fingerprint density at radius 1 is 1.24 bits per heavy atom. The van der Waals surface area contributed by atoms with Crippen LogP contribution in [0.25, 0.3) is 0 Å². The number of rotatable bonds is 4. The maximum atomic E-state index is 12.8. The zero-order valence-corrected chi connectivity index (χ0v) is 11.6. The van der Waals surface area contributed by atoms with Crippen LogP contribution in [0.4, 0.5) is 4.39 Å². The van der Waals surface area contributed by atoms with Crippen molar-refractivity contribution >= 4 is 15.9 Å². The highest BCUT2D eigenvalue weighted by Crippen LogP contribution is 2.47. The first-order chi connectivity index (χ1) is 9.97. The van der Waals surface area contributed by atoms with E-state index in [1.165, 1.54) is 6.26 Å². The van der Waals surface area contributed by atoms with Crippen molar-refractivity contribution in [2.24, 2.45) is 5.92 Å². The normalized spacial score (nSPS) is 21.0. The second-order valence-corrected chi connectivity index (χ2v) is 6.57. The van der Waals surface area contributed by atoms with E-state index in [1.54, 1.807) is 12.1 Å². The molecule has 5 nitrogen and oxygen atoms in total. The minimum atomic E-state index is -3.97. The molecule has 1 aromatic carbocycles. The monoisotopic (exact) mass is 309 g/mol. The van der Waals surface area contributed by atoms with Crippen molar-refractivity contribution in [3.8, 4) is 0 Å². The van der Waals surface area contributed by atoms with Gasteiger partial charge in [-0.25, -0.2) is 17.5 Å². The van der Waals surface area contributed by atoms with Gasteiger partial charge < -0.3 is 4.42 Å². The van der Waals surface area contributed by atoms with E-state index in [0.717, 1.165) is 24.3 Å². The van der Waals surface area contributed by atoms with Crippen molar-refractivity contribution < 1.29 is 22.0 Å². The summed E-state index contributed by atoms with van der Waals surface area (Å²) in [4.78, 5) is 11.8. The SMILES string of the molecule is O=C(NS(=O)(=O)c1ccc(F)cc1)C1CC1c1ccco1. The molecule has 110 valence electrons. The fourth-order valence-corrected chi connectivity index (χ4v) is 3.21. The van der Waals surface area contributed by atoms with Gasteiger partial charge in [0.1, 0.15) is 11.6 Å². The second kappa shape index (κ2) is 5.00. The van der Waals surface area contributed by atoms with E-state index < -0.39 is 27.7 Å². The molecule has 2 aromatic rings. The van der Waals surface area contributed by atoms with Crippen LogP contribution < -0.4 is 4.72 Å². The Bertz CT molecular complexity index is 753. The Kier molecular flexibility index (Phi) is 3.29. The number of amides is 1. The Balaban J connectivity index is 1.69. The fourth-order valence-electron chi connectivity index (χ4n) is 2.18. The standard InChI is InChI=1S/C14H12FNO4S/c15-9-3-5-10(6-4-9)21(18,19)16-14(17)12-8-11(12)13-2-1-7-20-13/h1-7,11-12H,8H2,(H,16,17). The molecule has 3 rings (SSSR count). The smallest absolute Gasteiger partial charge is 0.264 e. The van der Waals surface area contributed by atoms with Crippen LogP contribution in [0.15, 0.2) is 52.0 Å². The maximum absolute atomic E-state index is 12.8. The molecule has 1 fully saturated rings. The highest BCUT2D eigenvalue weighted by Gasteiger charge is 2.46. The summed E-state index contributed by atoms with van der Waals surface area (Å²) in [5.41, 5.74) is 0. The number of furan rings is 1. The second-order valence-electron chi connectivity index (χ2n) is 4.89.